The standard InChI is InChI=1S/C4H3N2.Sn.3H/c1-2-5-4-6-3-1;;;;/h1-3H;;;;. The normalized spacial score (nSPS) is 9.14. The maximum absolute atomic E-state index is 3.96. The number of hydrogen-bond donors (Lipinski definition) is 0. The summed E-state index contributed by atoms with van der Waals surface area (Å²) >= 11 is 0.486. The van der Waals surface area contributed by atoms with E-state index < -0.39 is 0 Å². The van der Waals surface area contributed by atoms with Gasteiger partial charge in [-0.05, 0) is 0 Å². The van der Waals surface area contributed by atoms with Crippen molar-refractivity contribution in [3.05, 3.63) is 18.5 Å². The predicted octanol–water partition coefficient (Wildman–Crippen LogP) is -1.53. The minimum absolute atomic E-state index is 0.486. The van der Waals surface area contributed by atoms with Crippen molar-refractivity contribution in [1.29, 1.82) is 0 Å². The van der Waals surface area contributed by atoms with Crippen LogP contribution in [0.15, 0.2) is 18.5 Å². The van der Waals surface area contributed by atoms with Gasteiger partial charge >= 0.3 is 54.8 Å². The van der Waals surface area contributed by atoms with E-state index in [1.807, 2.05) is 6.07 Å². The number of nitrogens with zero attached hydrogens (tertiary/aromatic N) is 2. The van der Waals surface area contributed by atoms with Gasteiger partial charge in [0.05, 0.1) is 0 Å². The van der Waals surface area contributed by atoms with Gasteiger partial charge in [-0.1, -0.05) is 0 Å². The third kappa shape index (κ3) is 1.42. The summed E-state index contributed by atoms with van der Waals surface area (Å²) in [6.07, 6.45) is 3.55. The van der Waals surface area contributed by atoms with Gasteiger partial charge in [0.25, 0.3) is 0 Å². The van der Waals surface area contributed by atoms with Crippen LogP contribution in [0.3, 0.4) is 0 Å². The van der Waals surface area contributed by atoms with E-state index in [0.29, 0.717) is 22.5 Å². The second kappa shape index (κ2) is 2.25. The molecule has 0 saturated heterocycles. The van der Waals surface area contributed by atoms with Crippen LogP contribution >= 0.6 is 0 Å². The Morgan fingerprint density at radius 3 is 2.14 bits per heavy atom. The summed E-state index contributed by atoms with van der Waals surface area (Å²) < 4.78 is 1.03. The molecule has 0 unspecified atom stereocenters. The van der Waals surface area contributed by atoms with Crippen molar-refractivity contribution in [2.75, 3.05) is 0 Å². The predicted molar refractivity (Wildman–Crippen MR) is 31.6 cm³/mol. The first-order valence-electron chi connectivity index (χ1n) is 2.13. The fraction of sp³-hybridized carbons (Fsp3) is 0. The first kappa shape index (κ1) is 5.02. The van der Waals surface area contributed by atoms with Crippen molar-refractivity contribution in [2.24, 2.45) is 0 Å². The number of aromatic nitrogens is 2. The van der Waals surface area contributed by atoms with Crippen LogP contribution in [0.5, 0.6) is 0 Å². The Morgan fingerprint density at radius 2 is 1.86 bits per heavy atom. The molecule has 0 saturated carbocycles. The van der Waals surface area contributed by atoms with Gasteiger partial charge in [-0.15, -0.1) is 0 Å². The minimum atomic E-state index is 0.486. The summed E-state index contributed by atoms with van der Waals surface area (Å²) in [5, 5.41) is 0. The molecule has 0 fully saturated rings. The summed E-state index contributed by atoms with van der Waals surface area (Å²) in [4.78, 5) is 7.92. The summed E-state index contributed by atoms with van der Waals surface area (Å²) in [6.45, 7) is 0. The third-order valence-corrected chi connectivity index (χ3v) is 2.17. The van der Waals surface area contributed by atoms with Crippen molar-refractivity contribution < 1.29 is 0 Å². The Bertz CT molecular complexity index is 140. The van der Waals surface area contributed by atoms with Crippen LogP contribution in [-0.2, 0) is 0 Å². The molecule has 0 amide bonds. The molecule has 0 aliphatic carbocycles. The average molecular weight is 201 g/mol. The van der Waals surface area contributed by atoms with Crippen molar-refractivity contribution in [3.8, 4) is 0 Å². The first-order chi connectivity index (χ1) is 3.39. The van der Waals surface area contributed by atoms with Crippen LogP contribution in [0.4, 0.5) is 0 Å². The van der Waals surface area contributed by atoms with Gasteiger partial charge in [-0.3, -0.25) is 0 Å². The molecule has 1 aromatic heterocycles. The van der Waals surface area contributed by atoms with Crippen LogP contribution in [-0.4, -0.2) is 32.5 Å². The summed E-state index contributed by atoms with van der Waals surface area (Å²) in [6, 6.07) is 1.83. The number of hydrogen-bond acceptors (Lipinski definition) is 2. The zero-order valence-corrected chi connectivity index (χ0v) is 9.83. The van der Waals surface area contributed by atoms with Gasteiger partial charge in [0.1, 0.15) is 0 Å². The third-order valence-electron chi connectivity index (χ3n) is 0.695. The van der Waals surface area contributed by atoms with E-state index >= 15 is 0 Å². The quantitative estimate of drug-likeness (QED) is 0.475. The molecule has 2 nitrogen and oxygen atoms in total. The Labute approximate surface area is 55.1 Å². The van der Waals surface area contributed by atoms with Crippen molar-refractivity contribution >= 4 is 26.4 Å². The van der Waals surface area contributed by atoms with Gasteiger partial charge < -0.3 is 0 Å². The molecule has 1 heterocycles. The Balaban J connectivity index is 3.02. The Kier molecular flexibility index (Phi) is 1.62. The summed E-state index contributed by atoms with van der Waals surface area (Å²) in [5.41, 5.74) is 0. The van der Waals surface area contributed by atoms with E-state index in [-0.39, 0.29) is 0 Å². The van der Waals surface area contributed by atoms with Gasteiger partial charge in [0.2, 0.25) is 0 Å². The molecule has 0 aliphatic rings. The van der Waals surface area contributed by atoms with E-state index in [1.165, 1.54) is 0 Å². The fourth-order valence-corrected chi connectivity index (χ4v) is 1.22. The van der Waals surface area contributed by atoms with Crippen LogP contribution < -0.4 is 3.84 Å². The number of rotatable bonds is 0. The van der Waals surface area contributed by atoms with Gasteiger partial charge in [-0.25, -0.2) is 0 Å². The average Bonchev–Trinajstić information content (AvgIpc) is 1.69. The molecule has 1 rings (SSSR count). The molecule has 1 aromatic rings. The molecule has 0 N–H and O–H groups in total. The molecular formula is C4H6N2Sn. The maximum atomic E-state index is 3.96. The van der Waals surface area contributed by atoms with E-state index in [1.54, 1.807) is 12.4 Å². The second-order valence-electron chi connectivity index (χ2n) is 1.30. The fourth-order valence-electron chi connectivity index (χ4n) is 0.374. The molecule has 0 aromatic carbocycles. The molecule has 0 atom stereocenters. The Hall–Kier alpha value is -0.121. The topological polar surface area (TPSA) is 25.8 Å². The van der Waals surface area contributed by atoms with Crippen molar-refractivity contribution in [3.63, 3.8) is 0 Å². The van der Waals surface area contributed by atoms with E-state index in [4.69, 9.17) is 0 Å². The summed E-state index contributed by atoms with van der Waals surface area (Å²) in [7, 11) is 0. The second-order valence-corrected chi connectivity index (χ2v) is 3.85. The zero-order valence-electron chi connectivity index (χ0n) is 4.13. The van der Waals surface area contributed by atoms with E-state index in [0.717, 1.165) is 3.84 Å². The molecule has 7 heavy (non-hydrogen) atoms. The van der Waals surface area contributed by atoms with Crippen LogP contribution in [0, 0.1) is 0 Å². The molecule has 0 radical (unpaired) electrons. The van der Waals surface area contributed by atoms with E-state index in [2.05, 4.69) is 9.97 Å². The van der Waals surface area contributed by atoms with Crippen LogP contribution in [0.2, 0.25) is 0 Å². The van der Waals surface area contributed by atoms with Crippen molar-refractivity contribution in [1.82, 2.24) is 9.97 Å². The van der Waals surface area contributed by atoms with E-state index in [9.17, 15) is 0 Å². The van der Waals surface area contributed by atoms with Gasteiger partial charge in [0, 0.05) is 0 Å². The molecule has 0 aliphatic heterocycles. The molecule has 3 heteroatoms. The first-order valence-corrected chi connectivity index (χ1v) is 4.98. The molecule has 0 bridgehead atoms. The monoisotopic (exact) mass is 202 g/mol. The SMILES string of the molecule is [SnH3][c]1ncccn1. The van der Waals surface area contributed by atoms with Crippen molar-refractivity contribution in [2.45, 2.75) is 0 Å². The van der Waals surface area contributed by atoms with Gasteiger partial charge in [-0.2, -0.15) is 0 Å². The molecule has 36 valence electrons. The van der Waals surface area contributed by atoms with Crippen LogP contribution in [0.25, 0.3) is 0 Å². The van der Waals surface area contributed by atoms with Gasteiger partial charge in [0.15, 0.2) is 0 Å². The summed E-state index contributed by atoms with van der Waals surface area (Å²) in [5.74, 6) is 0. The van der Waals surface area contributed by atoms with Crippen LogP contribution in [0.1, 0.15) is 0 Å². The Morgan fingerprint density at radius 1 is 1.29 bits per heavy atom. The molecular weight excluding hydrogens is 195 g/mol. The zero-order chi connectivity index (χ0) is 5.11. The molecule has 0 spiro atoms.